The Morgan fingerprint density at radius 2 is 2.25 bits per heavy atom. The van der Waals surface area contributed by atoms with Crippen LogP contribution in [0.5, 0.6) is 0 Å². The first-order chi connectivity index (χ1) is 7.63. The van der Waals surface area contributed by atoms with E-state index in [0.29, 0.717) is 13.0 Å². The third-order valence-electron chi connectivity index (χ3n) is 2.44. The van der Waals surface area contributed by atoms with Crippen molar-refractivity contribution in [3.05, 3.63) is 35.4 Å². The zero-order valence-corrected chi connectivity index (χ0v) is 9.99. The molecule has 1 amide bonds. The molecule has 0 heterocycles. The van der Waals surface area contributed by atoms with Gasteiger partial charge in [0.15, 0.2) is 0 Å². The number of carbonyl (C=O) groups excluding carboxylic acids is 1. The van der Waals surface area contributed by atoms with E-state index in [0.717, 1.165) is 17.5 Å². The van der Waals surface area contributed by atoms with Crippen LogP contribution in [-0.2, 0) is 11.3 Å². The topological polar surface area (TPSA) is 55.1 Å². The van der Waals surface area contributed by atoms with Crippen LogP contribution in [0.3, 0.4) is 0 Å². The normalized spacial score (nSPS) is 12.2. The van der Waals surface area contributed by atoms with Crippen LogP contribution < -0.4 is 11.1 Å². The lowest BCUT2D eigenvalue weighted by Gasteiger charge is -2.09. The van der Waals surface area contributed by atoms with Gasteiger partial charge in [0, 0.05) is 19.0 Å². The van der Waals surface area contributed by atoms with E-state index in [2.05, 4.69) is 5.32 Å². The summed E-state index contributed by atoms with van der Waals surface area (Å²) >= 11 is 0. The summed E-state index contributed by atoms with van der Waals surface area (Å²) in [4.78, 5) is 11.3. The molecule has 0 saturated heterocycles. The van der Waals surface area contributed by atoms with Gasteiger partial charge in [0.05, 0.1) is 0 Å². The van der Waals surface area contributed by atoms with Gasteiger partial charge >= 0.3 is 0 Å². The molecule has 3 heteroatoms. The lowest BCUT2D eigenvalue weighted by molar-refractivity contribution is -0.121. The molecule has 3 nitrogen and oxygen atoms in total. The number of amides is 1. The van der Waals surface area contributed by atoms with Crippen molar-refractivity contribution in [2.24, 2.45) is 5.73 Å². The Morgan fingerprint density at radius 3 is 2.88 bits per heavy atom. The van der Waals surface area contributed by atoms with Crippen LogP contribution in [0, 0.1) is 0 Å². The van der Waals surface area contributed by atoms with Gasteiger partial charge in [0.25, 0.3) is 0 Å². The monoisotopic (exact) mass is 220 g/mol. The maximum atomic E-state index is 11.3. The lowest BCUT2D eigenvalue weighted by atomic mass is 10.1. The molecule has 1 rings (SSSR count). The molecule has 1 unspecified atom stereocenters. The van der Waals surface area contributed by atoms with Crippen molar-refractivity contribution in [3.8, 4) is 0 Å². The minimum atomic E-state index is 0.0336. The van der Waals surface area contributed by atoms with Gasteiger partial charge in [-0.1, -0.05) is 31.2 Å². The molecule has 0 radical (unpaired) electrons. The molecule has 0 saturated carbocycles. The number of carbonyl (C=O) groups is 1. The highest BCUT2D eigenvalue weighted by atomic mass is 16.1. The highest BCUT2D eigenvalue weighted by Gasteiger charge is 2.02. The van der Waals surface area contributed by atoms with Gasteiger partial charge in [-0.25, -0.2) is 0 Å². The van der Waals surface area contributed by atoms with Gasteiger partial charge in [-0.2, -0.15) is 0 Å². The van der Waals surface area contributed by atoms with E-state index in [9.17, 15) is 4.79 Å². The summed E-state index contributed by atoms with van der Waals surface area (Å²) in [6.45, 7) is 4.53. The summed E-state index contributed by atoms with van der Waals surface area (Å²) in [5, 5.41) is 2.89. The van der Waals surface area contributed by atoms with Gasteiger partial charge in [-0.15, -0.1) is 0 Å². The first-order valence-electron chi connectivity index (χ1n) is 5.74. The minimum absolute atomic E-state index is 0.0336. The van der Waals surface area contributed by atoms with Crippen molar-refractivity contribution in [3.63, 3.8) is 0 Å². The van der Waals surface area contributed by atoms with E-state index >= 15 is 0 Å². The first kappa shape index (κ1) is 12.7. The zero-order valence-electron chi connectivity index (χ0n) is 9.99. The molecular weight excluding hydrogens is 200 g/mol. The maximum absolute atomic E-state index is 11.3. The van der Waals surface area contributed by atoms with E-state index in [1.54, 1.807) is 0 Å². The minimum Gasteiger partial charge on any atom is -0.352 e. The van der Waals surface area contributed by atoms with Crippen LogP contribution in [0.2, 0.25) is 0 Å². The molecule has 0 aromatic heterocycles. The number of benzene rings is 1. The molecule has 0 aliphatic rings. The fourth-order valence-corrected chi connectivity index (χ4v) is 1.50. The third kappa shape index (κ3) is 4.03. The number of nitrogens with two attached hydrogens (primary N) is 1. The van der Waals surface area contributed by atoms with Crippen LogP contribution in [0.25, 0.3) is 0 Å². The summed E-state index contributed by atoms with van der Waals surface area (Å²) in [6.07, 6.45) is 1.47. The second-order valence-corrected chi connectivity index (χ2v) is 4.06. The lowest BCUT2D eigenvalue weighted by Crippen LogP contribution is -2.22. The molecular formula is C13H20N2O. The third-order valence-corrected chi connectivity index (χ3v) is 2.44. The van der Waals surface area contributed by atoms with E-state index in [1.807, 2.05) is 38.1 Å². The molecule has 0 spiro atoms. The van der Waals surface area contributed by atoms with E-state index in [-0.39, 0.29) is 11.9 Å². The van der Waals surface area contributed by atoms with E-state index in [4.69, 9.17) is 5.73 Å². The molecule has 88 valence electrons. The van der Waals surface area contributed by atoms with Crippen LogP contribution >= 0.6 is 0 Å². The smallest absolute Gasteiger partial charge is 0.220 e. The predicted molar refractivity (Wildman–Crippen MR) is 65.8 cm³/mol. The molecule has 3 N–H and O–H groups in total. The SMILES string of the molecule is CCCC(=O)NCc1cccc(C(C)N)c1. The van der Waals surface area contributed by atoms with Crippen LogP contribution in [0.1, 0.15) is 43.9 Å². The van der Waals surface area contributed by atoms with Crippen LogP contribution in [0.4, 0.5) is 0 Å². The number of hydrogen-bond acceptors (Lipinski definition) is 2. The summed E-state index contributed by atoms with van der Waals surface area (Å²) in [7, 11) is 0. The Bertz CT molecular complexity index is 348. The standard InChI is InChI=1S/C13H20N2O/c1-3-5-13(16)15-9-11-6-4-7-12(8-11)10(2)14/h4,6-8,10H,3,5,9,14H2,1-2H3,(H,15,16). The van der Waals surface area contributed by atoms with E-state index in [1.165, 1.54) is 0 Å². The summed E-state index contributed by atoms with van der Waals surface area (Å²) in [5.41, 5.74) is 7.99. The van der Waals surface area contributed by atoms with Gasteiger partial charge in [0.2, 0.25) is 5.91 Å². The Kier molecular flexibility index (Phi) is 4.99. The quantitative estimate of drug-likeness (QED) is 0.798. The first-order valence-corrected chi connectivity index (χ1v) is 5.74. The largest absolute Gasteiger partial charge is 0.352 e. The maximum Gasteiger partial charge on any atom is 0.220 e. The molecule has 0 fully saturated rings. The average molecular weight is 220 g/mol. The van der Waals surface area contributed by atoms with Crippen LogP contribution in [-0.4, -0.2) is 5.91 Å². The van der Waals surface area contributed by atoms with Crippen molar-refractivity contribution in [1.29, 1.82) is 0 Å². The molecule has 1 aromatic rings. The Morgan fingerprint density at radius 1 is 1.50 bits per heavy atom. The molecule has 0 aliphatic heterocycles. The van der Waals surface area contributed by atoms with Gasteiger partial charge in [-0.3, -0.25) is 4.79 Å². The van der Waals surface area contributed by atoms with E-state index < -0.39 is 0 Å². The molecule has 16 heavy (non-hydrogen) atoms. The molecule has 1 atom stereocenters. The molecule has 1 aromatic carbocycles. The highest BCUT2D eigenvalue weighted by Crippen LogP contribution is 2.11. The Labute approximate surface area is 97.0 Å². The number of rotatable bonds is 5. The second-order valence-electron chi connectivity index (χ2n) is 4.06. The van der Waals surface area contributed by atoms with Gasteiger partial charge < -0.3 is 11.1 Å². The second kappa shape index (κ2) is 6.28. The number of nitrogens with one attached hydrogen (secondary N) is 1. The van der Waals surface area contributed by atoms with Crippen molar-refractivity contribution in [1.82, 2.24) is 5.32 Å². The summed E-state index contributed by atoms with van der Waals surface area (Å²) in [5.74, 6) is 0.105. The predicted octanol–water partition coefficient (Wildman–Crippen LogP) is 2.12. The summed E-state index contributed by atoms with van der Waals surface area (Å²) in [6, 6.07) is 8.04. The Balaban J connectivity index is 2.54. The zero-order chi connectivity index (χ0) is 12.0. The van der Waals surface area contributed by atoms with Crippen molar-refractivity contribution in [2.75, 3.05) is 0 Å². The van der Waals surface area contributed by atoms with Crippen LogP contribution in [0.15, 0.2) is 24.3 Å². The van der Waals surface area contributed by atoms with Crippen molar-refractivity contribution < 1.29 is 4.79 Å². The van der Waals surface area contributed by atoms with Gasteiger partial charge in [-0.05, 0) is 24.5 Å². The highest BCUT2D eigenvalue weighted by molar-refractivity contribution is 5.75. The van der Waals surface area contributed by atoms with Crippen molar-refractivity contribution >= 4 is 5.91 Å². The summed E-state index contributed by atoms with van der Waals surface area (Å²) < 4.78 is 0. The van der Waals surface area contributed by atoms with Crippen molar-refractivity contribution in [2.45, 2.75) is 39.3 Å². The fourth-order valence-electron chi connectivity index (χ4n) is 1.50. The molecule has 0 bridgehead atoms. The fraction of sp³-hybridized carbons (Fsp3) is 0.462. The number of hydrogen-bond donors (Lipinski definition) is 2. The van der Waals surface area contributed by atoms with Gasteiger partial charge in [0.1, 0.15) is 0 Å². The Hall–Kier alpha value is -1.35. The average Bonchev–Trinajstić information content (AvgIpc) is 2.27. The molecule has 0 aliphatic carbocycles.